The van der Waals surface area contributed by atoms with E-state index in [0.29, 0.717) is 6.61 Å². The molecule has 4 heteroatoms. The Bertz CT molecular complexity index is 540. The zero-order valence-electron chi connectivity index (χ0n) is 10.4. The average molecular weight is 257 g/mol. The Labute approximate surface area is 111 Å². The molecule has 4 nitrogen and oxygen atoms in total. The van der Waals surface area contributed by atoms with Crippen molar-refractivity contribution >= 4 is 6.09 Å². The van der Waals surface area contributed by atoms with Gasteiger partial charge in [-0.15, -0.1) is 0 Å². The highest BCUT2D eigenvalue weighted by atomic mass is 16.5. The Balaban J connectivity index is 1.93. The Morgan fingerprint density at radius 3 is 2.53 bits per heavy atom. The molecule has 0 aliphatic heterocycles. The summed E-state index contributed by atoms with van der Waals surface area (Å²) >= 11 is 0. The first-order valence-electron chi connectivity index (χ1n) is 5.96. The van der Waals surface area contributed by atoms with E-state index >= 15 is 0 Å². The zero-order valence-corrected chi connectivity index (χ0v) is 10.4. The maximum absolute atomic E-state index is 10.4. The third kappa shape index (κ3) is 4.35. The van der Waals surface area contributed by atoms with Crippen molar-refractivity contribution in [3.63, 3.8) is 0 Å². The predicted octanol–water partition coefficient (Wildman–Crippen LogP) is 3.03. The smallest absolute Gasteiger partial charge is 0.404 e. The van der Waals surface area contributed by atoms with E-state index < -0.39 is 6.09 Å². The van der Waals surface area contributed by atoms with E-state index in [9.17, 15) is 4.79 Å². The molecule has 0 aliphatic rings. The maximum Gasteiger partial charge on any atom is 0.404 e. The number of benzene rings is 2. The van der Waals surface area contributed by atoms with Crippen LogP contribution in [0.15, 0.2) is 54.6 Å². The van der Waals surface area contributed by atoms with E-state index in [-0.39, 0.29) is 6.54 Å². The van der Waals surface area contributed by atoms with Crippen molar-refractivity contribution < 1.29 is 14.6 Å². The van der Waals surface area contributed by atoms with Crippen molar-refractivity contribution in [1.82, 2.24) is 5.32 Å². The first-order chi connectivity index (χ1) is 9.24. The zero-order chi connectivity index (χ0) is 13.5. The van der Waals surface area contributed by atoms with Crippen LogP contribution in [-0.4, -0.2) is 11.2 Å². The number of hydrogen-bond acceptors (Lipinski definition) is 2. The number of carbonyl (C=O) groups is 1. The third-order valence-corrected chi connectivity index (χ3v) is 2.59. The molecule has 0 aromatic heterocycles. The van der Waals surface area contributed by atoms with Crippen LogP contribution < -0.4 is 10.1 Å². The van der Waals surface area contributed by atoms with Crippen LogP contribution >= 0.6 is 0 Å². The fraction of sp³-hybridized carbons (Fsp3) is 0.133. The molecule has 0 fully saturated rings. The Hall–Kier alpha value is -2.49. The van der Waals surface area contributed by atoms with E-state index in [1.54, 1.807) is 0 Å². The van der Waals surface area contributed by atoms with Gasteiger partial charge in [0.05, 0.1) is 0 Å². The molecule has 98 valence electrons. The summed E-state index contributed by atoms with van der Waals surface area (Å²) in [7, 11) is 0. The standard InChI is InChI=1S/C15H15NO3/c17-15(18)16-10-13-7-4-8-14(9-13)19-11-12-5-2-1-3-6-12/h1-9,16H,10-11H2,(H,17,18). The summed E-state index contributed by atoms with van der Waals surface area (Å²) in [6, 6.07) is 17.3. The average Bonchev–Trinajstić information content (AvgIpc) is 2.44. The first-order valence-corrected chi connectivity index (χ1v) is 5.96. The summed E-state index contributed by atoms with van der Waals surface area (Å²) in [5.74, 6) is 0.730. The second-order valence-corrected chi connectivity index (χ2v) is 4.08. The molecule has 2 rings (SSSR count). The van der Waals surface area contributed by atoms with Gasteiger partial charge < -0.3 is 15.2 Å². The number of ether oxygens (including phenoxy) is 1. The highest BCUT2D eigenvalue weighted by Gasteiger charge is 2.00. The van der Waals surface area contributed by atoms with Crippen molar-refractivity contribution in [2.45, 2.75) is 13.2 Å². The van der Waals surface area contributed by atoms with Crippen LogP contribution in [-0.2, 0) is 13.2 Å². The molecule has 0 spiro atoms. The first kappa shape index (κ1) is 13.0. The lowest BCUT2D eigenvalue weighted by Crippen LogP contribution is -2.19. The summed E-state index contributed by atoms with van der Waals surface area (Å²) in [4.78, 5) is 10.4. The molecule has 0 heterocycles. The van der Waals surface area contributed by atoms with E-state index in [2.05, 4.69) is 5.32 Å². The lowest BCUT2D eigenvalue weighted by Gasteiger charge is -2.08. The van der Waals surface area contributed by atoms with Crippen molar-refractivity contribution in [3.8, 4) is 5.75 Å². The van der Waals surface area contributed by atoms with Crippen LogP contribution in [0, 0.1) is 0 Å². The minimum absolute atomic E-state index is 0.276. The van der Waals surface area contributed by atoms with Crippen molar-refractivity contribution in [3.05, 3.63) is 65.7 Å². The molecule has 0 saturated carbocycles. The predicted molar refractivity (Wildman–Crippen MR) is 72.1 cm³/mol. The molecule has 0 atom stereocenters. The Kier molecular flexibility index (Phi) is 4.39. The Morgan fingerprint density at radius 1 is 1.05 bits per heavy atom. The fourth-order valence-electron chi connectivity index (χ4n) is 1.66. The molecule has 1 amide bonds. The minimum Gasteiger partial charge on any atom is -0.489 e. The highest BCUT2D eigenvalue weighted by Crippen LogP contribution is 2.15. The number of carboxylic acid groups (broad SMARTS) is 1. The summed E-state index contributed by atoms with van der Waals surface area (Å²) in [5.41, 5.74) is 1.96. The monoisotopic (exact) mass is 257 g/mol. The summed E-state index contributed by atoms with van der Waals surface area (Å²) in [5, 5.41) is 10.9. The SMILES string of the molecule is O=C(O)NCc1cccc(OCc2ccccc2)c1. The van der Waals surface area contributed by atoms with Gasteiger partial charge in [0.25, 0.3) is 0 Å². The highest BCUT2D eigenvalue weighted by molar-refractivity contribution is 5.64. The molecule has 0 saturated heterocycles. The fourth-order valence-corrected chi connectivity index (χ4v) is 1.66. The minimum atomic E-state index is -1.03. The van der Waals surface area contributed by atoms with Gasteiger partial charge in [-0.25, -0.2) is 4.79 Å². The number of nitrogens with one attached hydrogen (secondary N) is 1. The van der Waals surface area contributed by atoms with Gasteiger partial charge in [0, 0.05) is 6.54 Å². The van der Waals surface area contributed by atoms with Crippen LogP contribution in [0.4, 0.5) is 4.79 Å². The van der Waals surface area contributed by atoms with Crippen LogP contribution in [0.2, 0.25) is 0 Å². The molecule has 2 aromatic rings. The molecule has 0 aliphatic carbocycles. The molecule has 0 radical (unpaired) electrons. The second-order valence-electron chi connectivity index (χ2n) is 4.08. The quantitative estimate of drug-likeness (QED) is 0.865. The van der Waals surface area contributed by atoms with Crippen molar-refractivity contribution in [2.75, 3.05) is 0 Å². The van der Waals surface area contributed by atoms with Gasteiger partial charge in [0.2, 0.25) is 0 Å². The van der Waals surface area contributed by atoms with E-state index in [1.165, 1.54) is 0 Å². The van der Waals surface area contributed by atoms with Gasteiger partial charge in [0.15, 0.2) is 0 Å². The van der Waals surface area contributed by atoms with Gasteiger partial charge in [0.1, 0.15) is 12.4 Å². The van der Waals surface area contributed by atoms with E-state index in [4.69, 9.17) is 9.84 Å². The van der Waals surface area contributed by atoms with Gasteiger partial charge in [-0.3, -0.25) is 0 Å². The third-order valence-electron chi connectivity index (χ3n) is 2.59. The molecule has 2 N–H and O–H groups in total. The largest absolute Gasteiger partial charge is 0.489 e. The number of amides is 1. The summed E-state index contributed by atoms with van der Waals surface area (Å²) < 4.78 is 5.66. The van der Waals surface area contributed by atoms with E-state index in [0.717, 1.165) is 16.9 Å². The lowest BCUT2D eigenvalue weighted by atomic mass is 10.2. The van der Waals surface area contributed by atoms with Gasteiger partial charge in [-0.1, -0.05) is 42.5 Å². The van der Waals surface area contributed by atoms with Crippen LogP contribution in [0.3, 0.4) is 0 Å². The van der Waals surface area contributed by atoms with Crippen LogP contribution in [0.25, 0.3) is 0 Å². The lowest BCUT2D eigenvalue weighted by molar-refractivity contribution is 0.194. The van der Waals surface area contributed by atoms with Gasteiger partial charge >= 0.3 is 6.09 Å². The maximum atomic E-state index is 10.4. The molecule has 19 heavy (non-hydrogen) atoms. The summed E-state index contributed by atoms with van der Waals surface area (Å²) in [6.45, 7) is 0.772. The molecule has 2 aromatic carbocycles. The second kappa shape index (κ2) is 6.44. The topological polar surface area (TPSA) is 58.6 Å². The molecular weight excluding hydrogens is 242 g/mol. The van der Waals surface area contributed by atoms with Crippen molar-refractivity contribution in [1.29, 1.82) is 0 Å². The van der Waals surface area contributed by atoms with Gasteiger partial charge in [-0.05, 0) is 23.3 Å². The number of rotatable bonds is 5. The van der Waals surface area contributed by atoms with Crippen molar-refractivity contribution in [2.24, 2.45) is 0 Å². The summed E-state index contributed by atoms with van der Waals surface area (Å²) in [6.07, 6.45) is -1.03. The molecular formula is C15H15NO3. The van der Waals surface area contributed by atoms with Gasteiger partial charge in [-0.2, -0.15) is 0 Å². The van der Waals surface area contributed by atoms with Crippen LogP contribution in [0.5, 0.6) is 5.75 Å². The molecule has 0 unspecified atom stereocenters. The van der Waals surface area contributed by atoms with Crippen LogP contribution in [0.1, 0.15) is 11.1 Å². The van der Waals surface area contributed by atoms with E-state index in [1.807, 2.05) is 54.6 Å². The normalized spacial score (nSPS) is 9.89. The Morgan fingerprint density at radius 2 is 1.79 bits per heavy atom. The number of hydrogen-bond donors (Lipinski definition) is 2. The molecule has 0 bridgehead atoms.